The van der Waals surface area contributed by atoms with E-state index in [0.717, 1.165) is 4.90 Å². The monoisotopic (exact) mass is 334 g/mol. The number of carboxylic acid groups (broad SMARTS) is 1. The molecule has 120 valence electrons. The van der Waals surface area contributed by atoms with Gasteiger partial charge in [-0.3, -0.25) is 13.8 Å². The molecule has 2 heterocycles. The zero-order chi connectivity index (χ0) is 16.7. The molecule has 0 aliphatic carbocycles. The molecule has 0 bridgehead atoms. The Kier molecular flexibility index (Phi) is 3.77. The van der Waals surface area contributed by atoms with Crippen molar-refractivity contribution in [3.05, 3.63) is 48.0 Å². The number of nitrogens with zero attached hydrogens (tertiary/aromatic N) is 1. The van der Waals surface area contributed by atoms with Gasteiger partial charge in [-0.05, 0) is 17.7 Å². The number of hydrogen-bond acceptors (Lipinski definition) is 4. The third-order valence-electron chi connectivity index (χ3n) is 3.90. The van der Waals surface area contributed by atoms with Gasteiger partial charge in [0.1, 0.15) is 11.4 Å². The molecule has 0 radical (unpaired) electrons. The summed E-state index contributed by atoms with van der Waals surface area (Å²) < 4.78 is 12.2. The second-order valence-corrected chi connectivity index (χ2v) is 6.91. The number of hydrogen-bond donors (Lipinski definition) is 2. The number of benzene rings is 1. The topological polar surface area (TPSA) is 104 Å². The number of carboxylic acids is 1. The van der Waals surface area contributed by atoms with Crippen LogP contribution in [-0.2, 0) is 20.4 Å². The second-order valence-electron chi connectivity index (χ2n) is 5.38. The van der Waals surface area contributed by atoms with E-state index in [1.165, 1.54) is 0 Å². The van der Waals surface area contributed by atoms with Crippen LogP contribution in [0.15, 0.2) is 42.5 Å². The lowest BCUT2D eigenvalue weighted by Gasteiger charge is -2.51. The van der Waals surface area contributed by atoms with Gasteiger partial charge >= 0.3 is 5.97 Å². The molecular weight excluding hydrogens is 320 g/mol. The molecule has 0 spiro atoms. The molecular formula is C15H14N2O5S. The Morgan fingerprint density at radius 3 is 2.57 bits per heavy atom. The van der Waals surface area contributed by atoms with Gasteiger partial charge in [0.25, 0.3) is 5.91 Å². The molecule has 2 amide bonds. The van der Waals surface area contributed by atoms with Crippen molar-refractivity contribution in [1.29, 1.82) is 0 Å². The fourth-order valence-corrected chi connectivity index (χ4v) is 4.48. The maximum atomic E-state index is 12.2. The summed E-state index contributed by atoms with van der Waals surface area (Å²) in [6, 6.07) is 6.16. The molecule has 8 heteroatoms. The minimum Gasteiger partial charge on any atom is -0.479 e. The third-order valence-corrected chi connectivity index (χ3v) is 5.59. The lowest BCUT2D eigenvalue weighted by molar-refractivity contribution is -0.159. The summed E-state index contributed by atoms with van der Waals surface area (Å²) in [4.78, 5) is 36.7. The molecule has 0 aromatic heterocycles. The van der Waals surface area contributed by atoms with Gasteiger partial charge in [0, 0.05) is 11.3 Å². The highest BCUT2D eigenvalue weighted by Gasteiger charge is 2.59. The first-order valence-electron chi connectivity index (χ1n) is 6.87. The smallest absolute Gasteiger partial charge is 0.330 e. The Bertz CT molecular complexity index is 733. The highest BCUT2D eigenvalue weighted by atomic mass is 32.2. The Labute approximate surface area is 134 Å². The zero-order valence-electron chi connectivity index (χ0n) is 12.0. The quantitative estimate of drug-likeness (QED) is 0.585. The summed E-state index contributed by atoms with van der Waals surface area (Å²) in [6.45, 7) is 3.60. The molecule has 4 atom stereocenters. The number of fused-ring (bicyclic) bond motifs is 1. The maximum absolute atomic E-state index is 12.2. The van der Waals surface area contributed by atoms with Crippen molar-refractivity contribution in [2.24, 2.45) is 0 Å². The highest BCUT2D eigenvalue weighted by molar-refractivity contribution is 7.86. The van der Waals surface area contributed by atoms with Gasteiger partial charge in [-0.1, -0.05) is 24.8 Å². The van der Waals surface area contributed by atoms with Gasteiger partial charge in [0.2, 0.25) is 5.91 Å². The summed E-state index contributed by atoms with van der Waals surface area (Å²) in [5.41, 5.74) is 0.604. The average Bonchev–Trinajstić information content (AvgIpc) is 2.52. The van der Waals surface area contributed by atoms with E-state index < -0.39 is 46.0 Å². The molecule has 2 fully saturated rings. The standard InChI is InChI=1S/C15H14N2O5S/c1-8-7-23(22)14-10(13(19)17(14)11(8)15(20)21)16-12(18)9-5-3-2-4-6-9/h2-6,10-11,14H,1,7H2,(H,16,18)(H,20,21)/t10?,11?,14-,23?/m1/s1. The van der Waals surface area contributed by atoms with Crippen molar-refractivity contribution in [2.75, 3.05) is 5.75 Å². The Hall–Kier alpha value is -2.48. The number of rotatable bonds is 3. The summed E-state index contributed by atoms with van der Waals surface area (Å²) in [5.74, 6) is -2.22. The van der Waals surface area contributed by atoms with Crippen molar-refractivity contribution in [2.45, 2.75) is 17.5 Å². The van der Waals surface area contributed by atoms with Gasteiger partial charge < -0.3 is 15.3 Å². The SMILES string of the molecule is C=C1CS(=O)[C@@H]2C(NC(=O)c3ccccc3)C(=O)N2C1C(=O)O. The maximum Gasteiger partial charge on any atom is 0.330 e. The van der Waals surface area contributed by atoms with E-state index in [9.17, 15) is 23.7 Å². The number of nitrogens with one attached hydrogen (secondary N) is 1. The van der Waals surface area contributed by atoms with Crippen molar-refractivity contribution < 1.29 is 23.7 Å². The molecule has 2 aliphatic rings. The van der Waals surface area contributed by atoms with Crippen LogP contribution in [0.1, 0.15) is 10.4 Å². The third kappa shape index (κ3) is 2.44. The molecule has 0 saturated carbocycles. The predicted octanol–water partition coefficient (Wildman–Crippen LogP) is -0.275. The molecule has 7 nitrogen and oxygen atoms in total. The largest absolute Gasteiger partial charge is 0.479 e. The van der Waals surface area contributed by atoms with Crippen LogP contribution < -0.4 is 5.32 Å². The van der Waals surface area contributed by atoms with Crippen LogP contribution in [0.2, 0.25) is 0 Å². The summed E-state index contributed by atoms with van der Waals surface area (Å²) in [6.07, 6.45) is 0. The van der Waals surface area contributed by atoms with E-state index in [1.54, 1.807) is 30.3 Å². The van der Waals surface area contributed by atoms with E-state index in [4.69, 9.17) is 0 Å². The summed E-state index contributed by atoms with van der Waals surface area (Å²) >= 11 is 0. The van der Waals surface area contributed by atoms with Crippen molar-refractivity contribution in [3.63, 3.8) is 0 Å². The van der Waals surface area contributed by atoms with Gasteiger partial charge in [-0.2, -0.15) is 0 Å². The van der Waals surface area contributed by atoms with Crippen molar-refractivity contribution in [3.8, 4) is 0 Å². The van der Waals surface area contributed by atoms with Gasteiger partial charge in [0.15, 0.2) is 6.04 Å². The summed E-state index contributed by atoms with van der Waals surface area (Å²) in [5, 5.41) is 10.9. The Morgan fingerprint density at radius 2 is 1.96 bits per heavy atom. The van der Waals surface area contributed by atoms with E-state index in [-0.39, 0.29) is 11.3 Å². The normalized spacial score (nSPS) is 29.5. The van der Waals surface area contributed by atoms with Gasteiger partial charge in [0.05, 0.1) is 10.8 Å². The van der Waals surface area contributed by atoms with E-state index in [1.807, 2.05) is 0 Å². The highest BCUT2D eigenvalue weighted by Crippen LogP contribution is 2.34. The molecule has 3 unspecified atom stereocenters. The molecule has 2 N–H and O–H groups in total. The minimum absolute atomic E-state index is 0.00310. The Balaban J connectivity index is 1.80. The average molecular weight is 334 g/mol. The lowest BCUT2D eigenvalue weighted by Crippen LogP contribution is -2.77. The van der Waals surface area contributed by atoms with E-state index >= 15 is 0 Å². The molecule has 2 saturated heterocycles. The number of carbonyl (C=O) groups is 3. The molecule has 23 heavy (non-hydrogen) atoms. The molecule has 1 aromatic carbocycles. The number of aliphatic carboxylic acids is 1. The summed E-state index contributed by atoms with van der Waals surface area (Å²) in [7, 11) is -1.49. The molecule has 2 aliphatic heterocycles. The number of amides is 2. The van der Waals surface area contributed by atoms with Gasteiger partial charge in [-0.15, -0.1) is 0 Å². The number of β-lactam (4-membered cyclic amide) rings is 1. The first-order valence-corrected chi connectivity index (χ1v) is 8.25. The van der Waals surface area contributed by atoms with Crippen LogP contribution in [-0.4, -0.2) is 55.2 Å². The van der Waals surface area contributed by atoms with Crippen LogP contribution in [0, 0.1) is 0 Å². The molecule has 3 rings (SSSR count). The van der Waals surface area contributed by atoms with E-state index in [0.29, 0.717) is 5.56 Å². The predicted molar refractivity (Wildman–Crippen MR) is 81.9 cm³/mol. The van der Waals surface area contributed by atoms with Crippen molar-refractivity contribution in [1.82, 2.24) is 10.2 Å². The van der Waals surface area contributed by atoms with Crippen LogP contribution in [0.5, 0.6) is 0 Å². The van der Waals surface area contributed by atoms with E-state index in [2.05, 4.69) is 11.9 Å². The van der Waals surface area contributed by atoms with Crippen LogP contribution >= 0.6 is 0 Å². The fourth-order valence-electron chi connectivity index (χ4n) is 2.82. The lowest BCUT2D eigenvalue weighted by atomic mass is 9.98. The van der Waals surface area contributed by atoms with Crippen LogP contribution in [0.25, 0.3) is 0 Å². The van der Waals surface area contributed by atoms with Crippen molar-refractivity contribution >= 4 is 28.6 Å². The second kappa shape index (κ2) is 5.62. The fraction of sp³-hybridized carbons (Fsp3) is 0.267. The first kappa shape index (κ1) is 15.4. The van der Waals surface area contributed by atoms with Crippen LogP contribution in [0.3, 0.4) is 0 Å². The minimum atomic E-state index is -1.49. The first-order chi connectivity index (χ1) is 10.9. The van der Waals surface area contributed by atoms with Crippen LogP contribution in [0.4, 0.5) is 0 Å². The molecule has 1 aromatic rings. The Morgan fingerprint density at radius 1 is 1.30 bits per heavy atom. The van der Waals surface area contributed by atoms with Gasteiger partial charge in [-0.25, -0.2) is 4.79 Å². The zero-order valence-corrected chi connectivity index (χ0v) is 12.8. The number of carbonyl (C=O) groups excluding carboxylic acids is 2.